The van der Waals surface area contributed by atoms with Gasteiger partial charge in [-0.1, -0.05) is 226 Å². The van der Waals surface area contributed by atoms with Crippen molar-refractivity contribution in [2.75, 3.05) is 0 Å². The van der Waals surface area contributed by atoms with Crippen LogP contribution in [0.25, 0.3) is 112 Å². The van der Waals surface area contributed by atoms with Crippen LogP contribution in [0, 0.1) is 124 Å². The Bertz CT molecular complexity index is 7370. The lowest BCUT2D eigenvalue weighted by Gasteiger charge is -2.26. The van der Waals surface area contributed by atoms with Gasteiger partial charge in [0.15, 0.2) is 31.0 Å². The van der Waals surface area contributed by atoms with Crippen LogP contribution in [0.1, 0.15) is 219 Å². The van der Waals surface area contributed by atoms with Crippen LogP contribution in [-0.4, -0.2) is 0 Å². The van der Waals surface area contributed by atoms with Crippen LogP contribution in [0.4, 0.5) is 0 Å². The van der Waals surface area contributed by atoms with Gasteiger partial charge in [0.2, 0.25) is 28.5 Å². The summed E-state index contributed by atoms with van der Waals surface area (Å²) in [5, 5.41) is 0. The van der Waals surface area contributed by atoms with E-state index >= 15 is 0 Å². The van der Waals surface area contributed by atoms with E-state index in [1.165, 1.54) is 12.0 Å². The first kappa shape index (κ1) is 64.7. The molecule has 636 valence electrons. The van der Waals surface area contributed by atoms with E-state index in [2.05, 4.69) is 83.1 Å². The van der Waals surface area contributed by atoms with Gasteiger partial charge in [0.1, 0.15) is 35.2 Å². The number of aromatic nitrogens is 5. The number of hydrogen-bond donors (Lipinski definition) is 0. The molecule has 0 unspecified atom stereocenters. The third-order valence-corrected chi connectivity index (χ3v) is 25.2. The molecule has 5 heterocycles. The summed E-state index contributed by atoms with van der Waals surface area (Å²) in [5.41, 5.74) is 32.0. The van der Waals surface area contributed by atoms with E-state index in [-0.39, 0.29) is 22.3 Å². The predicted molar refractivity (Wildman–Crippen MR) is 529 cm³/mol. The van der Waals surface area contributed by atoms with Crippen molar-refractivity contribution in [3.63, 3.8) is 0 Å². The van der Waals surface area contributed by atoms with Crippen molar-refractivity contribution >= 4 is 0 Å². The Morgan fingerprint density at radius 2 is 0.504 bits per heavy atom. The molecule has 125 heavy (non-hydrogen) atoms. The Morgan fingerprint density at radius 1 is 0.224 bits per heavy atom. The van der Waals surface area contributed by atoms with Crippen LogP contribution in [0.3, 0.4) is 0 Å². The molecule has 17 rings (SSSR count). The lowest BCUT2D eigenvalue weighted by molar-refractivity contribution is -0.660. The highest BCUT2D eigenvalue weighted by molar-refractivity contribution is 5.79. The molecule has 0 bridgehead atoms. The van der Waals surface area contributed by atoms with Crippen molar-refractivity contribution in [2.24, 2.45) is 35.2 Å². The third-order valence-electron chi connectivity index (χ3n) is 25.2. The molecule has 2 aliphatic carbocycles. The molecule has 0 aliphatic heterocycles. The highest BCUT2D eigenvalue weighted by atomic mass is 14.9. The lowest BCUT2D eigenvalue weighted by atomic mass is 9.79. The SMILES string of the molecule is [2H]C([2H])([2H])c1c[n+](C)c(-c2ccccc2C)cc1-c1cc(C)c(C)c(C([2H])([2H])[2H])c1.[2H]C([2H])([2H])c1c[n+](C)c(-c2ccccc2C)cc1-c1cc(C)c(C2([2H])CCCCC2)c(C([2H])([2H])[2H])c1.[2H]C([2H])([2H])c1c[n+](C)c(-c2ccccc2C)cc1-c1ccc(C)c(C)c1.[2H]C([2H])([2H])c1c[n+](C)c(-c2ccccc2C)cc1-c1ccc(C)cc1.[2H]C([2H])([2H])c1c[n+](C)c(-c2ccccc2C)cc1-c1ccc(C2([2H])CCCCC2)cc1. The van der Waals surface area contributed by atoms with E-state index in [0.717, 1.165) is 190 Å². The van der Waals surface area contributed by atoms with Crippen molar-refractivity contribution < 1.29 is 54.4 Å². The molecule has 0 N–H and O–H groups in total. The molecule has 0 spiro atoms. The van der Waals surface area contributed by atoms with Crippen molar-refractivity contribution in [3.05, 3.63) is 385 Å². The summed E-state index contributed by atoms with van der Waals surface area (Å²) in [6.07, 6.45) is 17.8. The lowest BCUT2D eigenvalue weighted by Crippen LogP contribution is -2.31. The zero-order valence-corrected chi connectivity index (χ0v) is 75.8. The highest BCUT2D eigenvalue weighted by Gasteiger charge is 2.26. The van der Waals surface area contributed by atoms with Gasteiger partial charge in [-0.25, -0.2) is 22.8 Å². The van der Waals surface area contributed by atoms with E-state index in [1.54, 1.807) is 50.0 Å². The molecule has 2 saturated carbocycles. The van der Waals surface area contributed by atoms with Gasteiger partial charge in [0.05, 0.1) is 0 Å². The quantitative estimate of drug-likeness (QED) is 0.109. The van der Waals surface area contributed by atoms with Crippen LogP contribution in [-0.2, 0) is 35.2 Å². The molecule has 5 heteroatoms. The maximum atomic E-state index is 9.19. The molecular weight excluding hydrogens is 1510 g/mol. The molecule has 0 amide bonds. The fourth-order valence-corrected chi connectivity index (χ4v) is 17.5. The topological polar surface area (TPSA) is 19.4 Å². The van der Waals surface area contributed by atoms with Gasteiger partial charge in [-0.05, 0) is 325 Å². The second-order valence-electron chi connectivity index (χ2n) is 34.3. The minimum Gasteiger partial charge on any atom is -0.201 e. The van der Waals surface area contributed by atoms with Gasteiger partial charge in [-0.3, -0.25) is 0 Å². The first-order valence-corrected chi connectivity index (χ1v) is 43.7. The number of pyridine rings is 5. The van der Waals surface area contributed by atoms with Crippen LogP contribution in [0.5, 0.6) is 0 Å². The number of nitrogens with zero attached hydrogens (tertiary/aromatic N) is 5. The van der Waals surface area contributed by atoms with Crippen LogP contribution < -0.4 is 22.8 Å². The largest absolute Gasteiger partial charge is 0.213 e. The number of aryl methyl sites for hydroxylation is 22. The van der Waals surface area contributed by atoms with Gasteiger partial charge in [-0.2, -0.15) is 0 Å². The molecule has 5 aromatic heterocycles. The van der Waals surface area contributed by atoms with Gasteiger partial charge >= 0.3 is 0 Å². The van der Waals surface area contributed by atoms with Crippen LogP contribution in [0.15, 0.2) is 274 Å². The van der Waals surface area contributed by atoms with E-state index in [0.29, 0.717) is 62.9 Å². The summed E-state index contributed by atoms with van der Waals surface area (Å²) in [6.45, 7) is 5.91. The van der Waals surface area contributed by atoms with E-state index in [9.17, 15) is 1.37 Å². The minimum absolute atomic E-state index is 0.163. The Kier molecular flexibility index (Phi) is 21.1. The maximum absolute atomic E-state index is 9.19. The summed E-state index contributed by atoms with van der Waals surface area (Å²) < 4.78 is 197. The van der Waals surface area contributed by atoms with E-state index in [4.69, 9.17) is 30.2 Å². The minimum atomic E-state index is -2.42. The summed E-state index contributed by atoms with van der Waals surface area (Å²) in [7, 11) is 9.36. The molecule has 2 fully saturated rings. The Hall–Kier alpha value is -12.1. The van der Waals surface area contributed by atoms with E-state index < -0.39 is 59.8 Å². The fourth-order valence-electron chi connectivity index (χ4n) is 17.5. The standard InChI is InChI=1S/C28H34N.C26H30N.C23H26N.C22H24N.C21H22N/c1-19-11-9-10-14-25(19)27-17-26(22(4)18-29(27)5)24-15-20(2)28(21(3)16-24)23-12-7-6-8-13-23;1-19-9-7-8-12-24(19)26-17-25(20(2)18-27(26)3)23-15-13-22(14-16-23)21-10-5-4-6-11-21;1-15-9-7-8-10-21(15)23-13-22(18(4)14-24(23)6)20-11-16(2)19(5)17(3)12-20;1-15-10-11-19(12-17(15)3)21-13-22(23(5)14-18(21)4)20-9-7-6-8-16(20)2;1-15-9-11-18(12-10-15)20-13-21(22(4)14-17(20)3)19-8-6-5-7-16(19)2/h9-11,14-18,23H,6-8,12-13H2,1-5H3;7-9,12-18,21H,4-6,10-11H2,1-3H3;7-14H,1-6H3;6-14H,1-5H3;5-14H,1-4H3/q5*+1/i2D3,4D3,23D;2D3,21D;2D3,4D3;4D3;3D3. The van der Waals surface area contributed by atoms with Crippen molar-refractivity contribution in [1.82, 2.24) is 0 Å². The van der Waals surface area contributed by atoms with Gasteiger partial charge in [0.25, 0.3) is 0 Å². The monoisotopic (exact) mass is 1670 g/mol. The normalized spacial score (nSPS) is 16.6. The average Bonchev–Trinajstić information content (AvgIpc) is 0.747. The summed E-state index contributed by atoms with van der Waals surface area (Å²) in [5.74, 6) is -1.45. The summed E-state index contributed by atoms with van der Waals surface area (Å²) in [4.78, 5) is 0. The molecule has 5 nitrogen and oxygen atoms in total. The molecule has 0 radical (unpaired) electrons. The molecule has 0 saturated heterocycles. The Balaban J connectivity index is 0.000000155. The van der Waals surface area contributed by atoms with Gasteiger partial charge in [0, 0.05) is 117 Å². The molecule has 2 aliphatic rings. The number of benzene rings is 10. The van der Waals surface area contributed by atoms with Crippen molar-refractivity contribution in [3.8, 4) is 112 Å². The van der Waals surface area contributed by atoms with Crippen LogP contribution >= 0.6 is 0 Å². The zero-order valence-electron chi connectivity index (χ0n) is 98.8. The summed E-state index contributed by atoms with van der Waals surface area (Å²) in [6, 6.07) is 79.2. The number of hydrogen-bond acceptors (Lipinski definition) is 0. The summed E-state index contributed by atoms with van der Waals surface area (Å²) >= 11 is 0. The fraction of sp³-hybridized carbons (Fsp3) is 0.292. The molecular formula is C120H136N5+5. The third kappa shape index (κ3) is 21.3. The van der Waals surface area contributed by atoms with Gasteiger partial charge in [-0.15, -0.1) is 0 Å². The Labute approximate surface area is 782 Å². The van der Waals surface area contributed by atoms with Crippen molar-refractivity contribution in [1.29, 1.82) is 0 Å². The molecule has 15 aromatic rings. The highest BCUT2D eigenvalue weighted by Crippen LogP contribution is 2.42. The predicted octanol–water partition coefficient (Wildman–Crippen LogP) is 28.9. The first-order valence-electron chi connectivity index (χ1n) is 55.2. The second-order valence-corrected chi connectivity index (χ2v) is 34.3. The van der Waals surface area contributed by atoms with Crippen molar-refractivity contribution in [2.45, 2.75) is 200 Å². The molecule has 0 atom stereocenters. The zero-order chi connectivity index (χ0) is 108. The maximum Gasteiger partial charge on any atom is 0.213 e. The average molecular weight is 1670 g/mol. The smallest absolute Gasteiger partial charge is 0.201 e. The molecule has 10 aromatic carbocycles. The van der Waals surface area contributed by atoms with Gasteiger partial charge < -0.3 is 0 Å². The first-order chi connectivity index (χ1) is 69.2. The van der Waals surface area contributed by atoms with E-state index in [1.807, 2.05) is 275 Å². The van der Waals surface area contributed by atoms with Crippen LogP contribution in [0.2, 0.25) is 0 Å². The second kappa shape index (κ2) is 40.7. The Morgan fingerprint density at radius 3 is 0.840 bits per heavy atom. The number of rotatable bonds is 12.